The number of ketones is 3. The van der Waals surface area contributed by atoms with Crippen LogP contribution in [0.5, 0.6) is 0 Å². The first kappa shape index (κ1) is 56.3. The molecular weight excluding hydrogens is 855 g/mol. The minimum absolute atomic E-state index is 0.00142. The molecule has 0 aromatic heterocycles. The molecule has 3 fully saturated rings. The van der Waals surface area contributed by atoms with Gasteiger partial charge >= 0.3 is 5.97 Å². The molecule has 0 spiro atoms. The largest absolute Gasteiger partial charge is 0.460 e. The highest BCUT2D eigenvalue weighted by molar-refractivity contribution is 6.39. The number of aliphatic hydroxyl groups excluding tert-OH is 1. The topological polar surface area (TPSA) is 175 Å². The zero-order chi connectivity index (χ0) is 49.6. The van der Waals surface area contributed by atoms with Crippen LogP contribution in [-0.2, 0) is 47.7 Å². The maximum atomic E-state index is 14.5. The van der Waals surface area contributed by atoms with E-state index in [1.807, 2.05) is 71.9 Å². The zero-order valence-electron chi connectivity index (χ0n) is 42.6. The molecule has 0 radical (unpaired) electrons. The summed E-state index contributed by atoms with van der Waals surface area (Å²) in [6.07, 6.45) is 15.8. The highest BCUT2D eigenvalue weighted by atomic mass is 16.6. The van der Waals surface area contributed by atoms with Crippen LogP contribution in [0.1, 0.15) is 139 Å². The van der Waals surface area contributed by atoms with Crippen molar-refractivity contribution in [2.45, 2.75) is 182 Å². The number of amides is 1. The molecule has 2 saturated heterocycles. The van der Waals surface area contributed by atoms with Gasteiger partial charge in [-0.15, -0.1) is 0 Å². The molecule has 1 amide bonds. The summed E-state index contributed by atoms with van der Waals surface area (Å²) >= 11 is 0. The van der Waals surface area contributed by atoms with Crippen LogP contribution in [0.15, 0.2) is 47.6 Å². The highest BCUT2D eigenvalue weighted by Crippen LogP contribution is 2.39. The lowest BCUT2D eigenvalue weighted by Gasteiger charge is -2.42. The van der Waals surface area contributed by atoms with E-state index in [-0.39, 0.29) is 79.2 Å². The van der Waals surface area contributed by atoms with Crippen LogP contribution in [-0.4, -0.2) is 121 Å². The summed E-state index contributed by atoms with van der Waals surface area (Å²) in [6.45, 7) is 17.8. The van der Waals surface area contributed by atoms with Crippen molar-refractivity contribution < 1.29 is 57.9 Å². The fourth-order valence-corrected chi connectivity index (χ4v) is 10.8. The smallest absolute Gasteiger partial charge is 0.329 e. The average Bonchev–Trinajstić information content (AvgIpc) is 3.30. The molecule has 0 aromatic carbocycles. The molecule has 3 aliphatic heterocycles. The van der Waals surface area contributed by atoms with Crippen LogP contribution in [0.3, 0.4) is 0 Å². The van der Waals surface area contributed by atoms with Crippen molar-refractivity contribution in [2.24, 2.45) is 47.3 Å². The van der Waals surface area contributed by atoms with Gasteiger partial charge in [0.2, 0.25) is 5.79 Å². The summed E-state index contributed by atoms with van der Waals surface area (Å²) in [5, 5.41) is 21.3. The lowest BCUT2D eigenvalue weighted by Crippen LogP contribution is -2.61. The van der Waals surface area contributed by atoms with Gasteiger partial charge in [-0.3, -0.25) is 19.2 Å². The van der Waals surface area contributed by atoms with E-state index in [1.54, 1.807) is 21.1 Å². The average molecular weight is 940 g/mol. The van der Waals surface area contributed by atoms with Gasteiger partial charge in [0.15, 0.2) is 5.78 Å². The van der Waals surface area contributed by atoms with Gasteiger partial charge in [-0.2, -0.15) is 0 Å². The third kappa shape index (κ3) is 15.3. The first-order valence-corrected chi connectivity index (χ1v) is 25.3. The third-order valence-corrected chi connectivity index (χ3v) is 15.4. The zero-order valence-corrected chi connectivity index (χ0v) is 42.6. The van der Waals surface area contributed by atoms with Crippen LogP contribution in [0.4, 0.5) is 0 Å². The fraction of sp³-hybridized carbons (Fsp3) is 0.759. The van der Waals surface area contributed by atoms with E-state index >= 15 is 0 Å². The van der Waals surface area contributed by atoms with Crippen LogP contribution in [0, 0.1) is 47.3 Å². The monoisotopic (exact) mass is 940 g/mol. The van der Waals surface area contributed by atoms with E-state index in [4.69, 9.17) is 23.7 Å². The van der Waals surface area contributed by atoms with Crippen molar-refractivity contribution in [3.63, 3.8) is 0 Å². The van der Waals surface area contributed by atoms with Crippen LogP contribution >= 0.6 is 0 Å². The number of piperidine rings is 1. The maximum absolute atomic E-state index is 14.5. The van der Waals surface area contributed by atoms with Gasteiger partial charge in [0.1, 0.15) is 24.0 Å². The first-order chi connectivity index (χ1) is 31.7. The number of nitrogens with zero attached hydrogens (tertiary/aromatic N) is 1. The number of fused-ring (bicyclic) bond motifs is 3. The van der Waals surface area contributed by atoms with Crippen molar-refractivity contribution in [3.05, 3.63) is 47.6 Å². The summed E-state index contributed by atoms with van der Waals surface area (Å²) in [5.74, 6) is -6.74. The maximum Gasteiger partial charge on any atom is 0.329 e. The van der Waals surface area contributed by atoms with Crippen molar-refractivity contribution in [2.75, 3.05) is 34.0 Å². The number of hydrogen-bond acceptors (Lipinski definition) is 12. The molecule has 1 saturated carbocycles. The fourth-order valence-electron chi connectivity index (χ4n) is 10.8. The molecule has 15 atom stereocenters. The predicted molar refractivity (Wildman–Crippen MR) is 257 cm³/mol. The quantitative estimate of drug-likeness (QED) is 0.136. The Kier molecular flexibility index (Phi) is 22.3. The number of allylic oxidation sites excluding steroid dienone is 6. The lowest BCUT2D eigenvalue weighted by atomic mass is 9.75. The predicted octanol–water partition coefficient (Wildman–Crippen LogP) is 8.09. The van der Waals surface area contributed by atoms with Crippen molar-refractivity contribution in [1.82, 2.24) is 4.90 Å². The molecule has 4 aliphatic rings. The molecule has 2 bridgehead atoms. The molecule has 3 heterocycles. The minimum atomic E-state index is -2.40. The molecule has 0 aromatic rings. The van der Waals surface area contributed by atoms with Crippen LogP contribution < -0.4 is 0 Å². The Bertz CT molecular complexity index is 1790. The molecule has 13 nitrogen and oxygen atoms in total. The summed E-state index contributed by atoms with van der Waals surface area (Å²) in [5.41, 5.74) is 1.75. The minimum Gasteiger partial charge on any atom is -0.460 e. The number of rotatable bonds is 8. The standard InChI is InChI=1S/C54H85NO12/c1-33-17-13-12-14-18-34(2)47(63-10)31-43-22-20-40(8)54(62,67-43)51(59)52(60)55-24-16-15-19-44(55)53(61)66-48(38(6)30-42-21-23-46(37(5)29-42)65-26-25-56)32-45(57)36(4)28-35(3)41(9)50(64-11)49(58)39(7)27-33/h12-14,17-18,28,33,36-44,46-48,50,56,62H,15-16,19-27,29-32H2,1-11H3/b14-12+,17-13+,34-18+,35-28+/t33-,36-,37-,38-,39-,40-,41-,42-,43+,44+,46-,47+,48?,50-,54-/m1/s1. The SMILES string of the molecule is CO[C@H]1C[C@@H]2CC[C@@H](C)[C@@](O)(O2)C(=O)C(=O)N2CCCC[C@H]2C(=O)OC([C@H](C)C[C@@H]2CC[C@@H](OCCO)[C@H](C)C2)CC(=O)[C@H](C)/C=C(\C)[C@@H](C)[C@@H](OC)C(=O)[C@H](C)C[C@H](C)/C=C/C=C/C=C/1C. The van der Waals surface area contributed by atoms with E-state index in [1.165, 1.54) is 4.90 Å². The molecule has 13 heteroatoms. The summed E-state index contributed by atoms with van der Waals surface area (Å²) in [4.78, 5) is 72.4. The molecule has 4 rings (SSSR count). The van der Waals surface area contributed by atoms with E-state index < -0.39 is 65.7 Å². The van der Waals surface area contributed by atoms with Crippen LogP contribution in [0.25, 0.3) is 0 Å². The van der Waals surface area contributed by atoms with Crippen LogP contribution in [0.2, 0.25) is 0 Å². The number of methoxy groups -OCH3 is 2. The Balaban J connectivity index is 1.69. The number of esters is 1. The highest BCUT2D eigenvalue weighted by Gasteiger charge is 2.53. The summed E-state index contributed by atoms with van der Waals surface area (Å²) < 4.78 is 30.2. The Hall–Kier alpha value is -3.33. The third-order valence-electron chi connectivity index (χ3n) is 15.4. The Morgan fingerprint density at radius 2 is 1.60 bits per heavy atom. The number of carbonyl (C=O) groups excluding carboxylic acids is 5. The van der Waals surface area contributed by atoms with Gasteiger partial charge in [0.25, 0.3) is 11.7 Å². The lowest BCUT2D eigenvalue weighted by molar-refractivity contribution is -0.265. The van der Waals surface area contributed by atoms with Gasteiger partial charge in [0, 0.05) is 57.3 Å². The van der Waals surface area contributed by atoms with Crippen molar-refractivity contribution >= 4 is 29.2 Å². The number of ether oxygens (including phenoxy) is 5. The molecule has 1 aliphatic carbocycles. The Morgan fingerprint density at radius 1 is 0.866 bits per heavy atom. The van der Waals surface area contributed by atoms with Gasteiger partial charge in [0.05, 0.1) is 31.5 Å². The van der Waals surface area contributed by atoms with E-state index in [2.05, 4.69) is 19.9 Å². The van der Waals surface area contributed by atoms with Crippen molar-refractivity contribution in [3.8, 4) is 0 Å². The Labute approximate surface area is 401 Å². The molecule has 2 N–H and O–H groups in total. The number of hydrogen-bond donors (Lipinski definition) is 2. The second-order valence-electron chi connectivity index (χ2n) is 20.7. The van der Waals surface area contributed by atoms with E-state index in [0.29, 0.717) is 51.6 Å². The summed E-state index contributed by atoms with van der Waals surface area (Å²) in [6, 6.07) is -1.09. The van der Waals surface area contributed by atoms with Gasteiger partial charge < -0.3 is 38.8 Å². The van der Waals surface area contributed by atoms with E-state index in [9.17, 15) is 34.2 Å². The number of cyclic esters (lactones) is 1. The second kappa shape index (κ2) is 26.6. The number of Topliss-reactive ketones (excluding diaryl/α,β-unsaturated/α-hetero) is 3. The normalized spacial score (nSPS) is 39.6. The van der Waals surface area contributed by atoms with E-state index in [0.717, 1.165) is 30.4 Å². The Morgan fingerprint density at radius 3 is 2.27 bits per heavy atom. The molecule has 378 valence electrons. The van der Waals surface area contributed by atoms with Crippen molar-refractivity contribution in [1.29, 1.82) is 0 Å². The van der Waals surface area contributed by atoms with Gasteiger partial charge in [-0.1, -0.05) is 90.5 Å². The first-order valence-electron chi connectivity index (χ1n) is 25.3. The molecule has 67 heavy (non-hydrogen) atoms. The van der Waals surface area contributed by atoms with Gasteiger partial charge in [-0.25, -0.2) is 4.79 Å². The number of carbonyl (C=O) groups is 5. The van der Waals surface area contributed by atoms with Gasteiger partial charge in [-0.05, 0) is 107 Å². The second-order valence-corrected chi connectivity index (χ2v) is 20.7. The molecular formula is C54H85NO12. The summed E-state index contributed by atoms with van der Waals surface area (Å²) in [7, 11) is 3.14. The number of aliphatic hydroxyl groups is 2. The molecule has 1 unspecified atom stereocenters.